The highest BCUT2D eigenvalue weighted by Crippen LogP contribution is 2.13. The predicted molar refractivity (Wildman–Crippen MR) is 84.7 cm³/mol. The maximum Gasteiger partial charge on any atom is 0.339 e. The van der Waals surface area contributed by atoms with E-state index >= 15 is 0 Å². The maximum absolute atomic E-state index is 12.1. The van der Waals surface area contributed by atoms with Crippen molar-refractivity contribution in [1.82, 2.24) is 0 Å². The highest BCUT2D eigenvalue weighted by Gasteiger charge is 2.17. The summed E-state index contributed by atoms with van der Waals surface area (Å²) in [5.74, 6) is -0.657. The van der Waals surface area contributed by atoms with E-state index in [4.69, 9.17) is 14.7 Å². The quantitative estimate of drug-likeness (QED) is 0.599. The average molecular weight is 325 g/mol. The van der Waals surface area contributed by atoms with Crippen molar-refractivity contribution in [3.8, 4) is 11.8 Å². The molecule has 0 aliphatic rings. The second-order valence-electron chi connectivity index (χ2n) is 4.66. The van der Waals surface area contributed by atoms with Gasteiger partial charge in [0.2, 0.25) is 0 Å². The van der Waals surface area contributed by atoms with Crippen LogP contribution < -0.4 is 4.74 Å². The number of rotatable bonds is 6. The molecule has 6 heteroatoms. The number of benzene rings is 2. The normalized spacial score (nSPS) is 9.67. The van der Waals surface area contributed by atoms with Crippen LogP contribution in [-0.4, -0.2) is 32.3 Å². The Hall–Kier alpha value is -3.33. The van der Waals surface area contributed by atoms with Crippen molar-refractivity contribution in [3.63, 3.8) is 0 Å². The molecule has 0 radical (unpaired) electrons. The van der Waals surface area contributed by atoms with E-state index in [1.807, 2.05) is 6.07 Å². The van der Waals surface area contributed by atoms with Crippen molar-refractivity contribution in [2.45, 2.75) is 0 Å². The highest BCUT2D eigenvalue weighted by molar-refractivity contribution is 6.03. The molecule has 0 spiro atoms. The number of methoxy groups -OCH3 is 1. The SMILES string of the molecule is COC(=O)c1ccccc1C(=O)OCCOc1ccc(C#N)cc1. The van der Waals surface area contributed by atoms with Gasteiger partial charge in [-0.15, -0.1) is 0 Å². The lowest BCUT2D eigenvalue weighted by atomic mass is 10.1. The molecule has 0 fully saturated rings. The van der Waals surface area contributed by atoms with Crippen LogP contribution in [0.1, 0.15) is 26.3 Å². The Morgan fingerprint density at radius 1 is 0.958 bits per heavy atom. The molecule has 0 saturated carbocycles. The smallest absolute Gasteiger partial charge is 0.339 e. The number of nitrogens with zero attached hydrogens (tertiary/aromatic N) is 1. The monoisotopic (exact) mass is 325 g/mol. The summed E-state index contributed by atoms with van der Waals surface area (Å²) in [5, 5.41) is 8.71. The standard InChI is InChI=1S/C18H15NO5/c1-22-17(20)15-4-2-3-5-16(15)18(21)24-11-10-23-14-8-6-13(12-19)7-9-14/h2-9H,10-11H2,1H3. The Morgan fingerprint density at radius 2 is 1.58 bits per heavy atom. The molecular formula is C18H15NO5. The predicted octanol–water partition coefficient (Wildman–Crippen LogP) is 2.58. The fourth-order valence-electron chi connectivity index (χ4n) is 1.95. The molecule has 0 N–H and O–H groups in total. The van der Waals surface area contributed by atoms with Gasteiger partial charge in [0.15, 0.2) is 0 Å². The number of carbonyl (C=O) groups excluding carboxylic acids is 2. The average Bonchev–Trinajstić information content (AvgIpc) is 2.64. The Balaban J connectivity index is 1.87. The first-order valence-electron chi connectivity index (χ1n) is 7.13. The summed E-state index contributed by atoms with van der Waals surface area (Å²) in [4.78, 5) is 23.7. The van der Waals surface area contributed by atoms with Gasteiger partial charge in [-0.1, -0.05) is 12.1 Å². The van der Waals surface area contributed by atoms with Crippen LogP contribution in [0.5, 0.6) is 5.75 Å². The molecule has 2 rings (SSSR count). The zero-order chi connectivity index (χ0) is 17.4. The van der Waals surface area contributed by atoms with Crippen LogP contribution in [0.2, 0.25) is 0 Å². The molecule has 2 aromatic carbocycles. The van der Waals surface area contributed by atoms with Gasteiger partial charge in [0, 0.05) is 0 Å². The second kappa shape index (κ2) is 8.34. The van der Waals surface area contributed by atoms with Gasteiger partial charge < -0.3 is 14.2 Å². The van der Waals surface area contributed by atoms with Gasteiger partial charge in [-0.05, 0) is 36.4 Å². The fourth-order valence-corrected chi connectivity index (χ4v) is 1.95. The number of carbonyl (C=O) groups is 2. The van der Waals surface area contributed by atoms with E-state index in [0.29, 0.717) is 11.3 Å². The second-order valence-corrected chi connectivity index (χ2v) is 4.66. The Bertz CT molecular complexity index is 762. The maximum atomic E-state index is 12.1. The minimum atomic E-state index is -0.626. The Kier molecular flexibility index (Phi) is 5.92. The third-order valence-corrected chi connectivity index (χ3v) is 3.12. The van der Waals surface area contributed by atoms with Crippen molar-refractivity contribution >= 4 is 11.9 Å². The van der Waals surface area contributed by atoms with E-state index in [2.05, 4.69) is 4.74 Å². The number of hydrogen-bond acceptors (Lipinski definition) is 6. The van der Waals surface area contributed by atoms with Gasteiger partial charge in [0.1, 0.15) is 19.0 Å². The fraction of sp³-hybridized carbons (Fsp3) is 0.167. The first kappa shape index (κ1) is 17.0. The largest absolute Gasteiger partial charge is 0.490 e. The lowest BCUT2D eigenvalue weighted by molar-refractivity contribution is 0.0438. The summed E-state index contributed by atoms with van der Waals surface area (Å²) in [7, 11) is 1.25. The molecule has 0 aliphatic heterocycles. The molecule has 0 heterocycles. The third-order valence-electron chi connectivity index (χ3n) is 3.12. The summed E-state index contributed by atoms with van der Waals surface area (Å²) in [6.07, 6.45) is 0. The summed E-state index contributed by atoms with van der Waals surface area (Å²) >= 11 is 0. The summed E-state index contributed by atoms with van der Waals surface area (Å²) in [6, 6.07) is 14.9. The van der Waals surface area contributed by atoms with Crippen LogP contribution in [0.25, 0.3) is 0 Å². The third kappa shape index (κ3) is 4.34. The topological polar surface area (TPSA) is 85.6 Å². The molecule has 0 saturated heterocycles. The highest BCUT2D eigenvalue weighted by atomic mass is 16.6. The summed E-state index contributed by atoms with van der Waals surface area (Å²) in [5.41, 5.74) is 0.828. The van der Waals surface area contributed by atoms with Gasteiger partial charge in [-0.3, -0.25) is 0 Å². The molecule has 0 unspecified atom stereocenters. The minimum absolute atomic E-state index is 0.0222. The lowest BCUT2D eigenvalue weighted by Crippen LogP contribution is -2.16. The van der Waals surface area contributed by atoms with Crippen molar-refractivity contribution < 1.29 is 23.8 Å². The van der Waals surface area contributed by atoms with E-state index < -0.39 is 11.9 Å². The molecule has 0 aromatic heterocycles. The van der Waals surface area contributed by atoms with Crippen LogP contribution in [0.4, 0.5) is 0 Å². The lowest BCUT2D eigenvalue weighted by Gasteiger charge is -2.09. The zero-order valence-corrected chi connectivity index (χ0v) is 13.0. The van der Waals surface area contributed by atoms with E-state index in [9.17, 15) is 9.59 Å². The van der Waals surface area contributed by atoms with Gasteiger partial charge in [-0.25, -0.2) is 9.59 Å². The first-order chi connectivity index (χ1) is 11.7. The number of esters is 2. The Morgan fingerprint density at radius 3 is 2.17 bits per heavy atom. The molecule has 0 amide bonds. The molecular weight excluding hydrogens is 310 g/mol. The summed E-state index contributed by atoms with van der Waals surface area (Å²) < 4.78 is 15.2. The summed E-state index contributed by atoms with van der Waals surface area (Å²) in [6.45, 7) is 0.173. The number of nitriles is 1. The van der Waals surface area contributed by atoms with E-state index in [0.717, 1.165) is 0 Å². The van der Waals surface area contributed by atoms with Crippen LogP contribution in [-0.2, 0) is 9.47 Å². The van der Waals surface area contributed by atoms with Crippen molar-refractivity contribution in [2.75, 3.05) is 20.3 Å². The van der Waals surface area contributed by atoms with Gasteiger partial charge in [0.25, 0.3) is 0 Å². The molecule has 24 heavy (non-hydrogen) atoms. The molecule has 0 atom stereocenters. The van der Waals surface area contributed by atoms with Gasteiger partial charge >= 0.3 is 11.9 Å². The minimum Gasteiger partial charge on any atom is -0.490 e. The molecule has 0 bridgehead atoms. The van der Waals surface area contributed by atoms with Crippen LogP contribution >= 0.6 is 0 Å². The van der Waals surface area contributed by atoms with Crippen LogP contribution in [0.3, 0.4) is 0 Å². The van der Waals surface area contributed by atoms with Crippen molar-refractivity contribution in [1.29, 1.82) is 5.26 Å². The van der Waals surface area contributed by atoms with Crippen LogP contribution in [0.15, 0.2) is 48.5 Å². The zero-order valence-electron chi connectivity index (χ0n) is 13.0. The van der Waals surface area contributed by atoms with E-state index in [1.165, 1.54) is 19.2 Å². The van der Waals surface area contributed by atoms with Gasteiger partial charge in [-0.2, -0.15) is 5.26 Å². The van der Waals surface area contributed by atoms with Gasteiger partial charge in [0.05, 0.1) is 29.9 Å². The number of hydrogen-bond donors (Lipinski definition) is 0. The van der Waals surface area contributed by atoms with Crippen LogP contribution in [0, 0.1) is 11.3 Å². The molecule has 0 aliphatic carbocycles. The van der Waals surface area contributed by atoms with Crippen molar-refractivity contribution in [3.05, 3.63) is 65.2 Å². The first-order valence-corrected chi connectivity index (χ1v) is 7.13. The Labute approximate surface area is 139 Å². The van der Waals surface area contributed by atoms with E-state index in [-0.39, 0.29) is 24.3 Å². The molecule has 2 aromatic rings. The van der Waals surface area contributed by atoms with E-state index in [1.54, 1.807) is 36.4 Å². The molecule has 122 valence electrons. The molecule has 6 nitrogen and oxygen atoms in total. The number of ether oxygens (including phenoxy) is 3. The van der Waals surface area contributed by atoms with Crippen molar-refractivity contribution in [2.24, 2.45) is 0 Å².